The molecule has 102 valence electrons. The summed E-state index contributed by atoms with van der Waals surface area (Å²) >= 11 is 0. The minimum absolute atomic E-state index is 0.0903. The molecule has 2 atom stereocenters. The number of phenols is 1. The first-order valence-corrected chi connectivity index (χ1v) is 6.32. The number of carbonyl (C=O) groups is 1. The lowest BCUT2D eigenvalue weighted by Crippen LogP contribution is -2.37. The number of benzene rings is 2. The number of hydrogen-bond acceptors (Lipinski definition) is 4. The van der Waals surface area contributed by atoms with Crippen molar-refractivity contribution >= 4 is 5.78 Å². The summed E-state index contributed by atoms with van der Waals surface area (Å²) in [5, 5.41) is 9.35. The van der Waals surface area contributed by atoms with Crippen molar-refractivity contribution in [3.05, 3.63) is 59.7 Å². The number of para-hydroxylation sites is 1. The molecule has 0 saturated carbocycles. The van der Waals surface area contributed by atoms with Crippen LogP contribution in [0, 0.1) is 0 Å². The van der Waals surface area contributed by atoms with Gasteiger partial charge in [-0.1, -0.05) is 24.3 Å². The Hall–Kier alpha value is -2.33. The summed E-state index contributed by atoms with van der Waals surface area (Å²) < 4.78 is 11.2. The Kier molecular flexibility index (Phi) is 3.16. The predicted octanol–water partition coefficient (Wildman–Crippen LogP) is 2.72. The van der Waals surface area contributed by atoms with Gasteiger partial charge >= 0.3 is 0 Å². The highest BCUT2D eigenvalue weighted by Gasteiger charge is 2.38. The van der Waals surface area contributed by atoms with Crippen LogP contribution in [0.2, 0.25) is 0 Å². The maximum absolute atomic E-state index is 12.4. The average molecular weight is 270 g/mol. The molecule has 1 aliphatic heterocycles. The zero-order valence-corrected chi connectivity index (χ0v) is 10.9. The van der Waals surface area contributed by atoms with E-state index >= 15 is 0 Å². The number of rotatable bonds is 2. The standard InChI is InChI=1S/C16H14O4/c1-19-16-14(18)12-4-2-3-5-13(12)20-15(16)10-6-8-11(17)9-7-10/h2-9,15-17H,1H3. The maximum atomic E-state index is 12.4. The molecule has 0 aromatic heterocycles. The van der Waals surface area contributed by atoms with Crippen molar-refractivity contribution in [2.24, 2.45) is 0 Å². The van der Waals surface area contributed by atoms with Crippen molar-refractivity contribution in [1.82, 2.24) is 0 Å². The summed E-state index contributed by atoms with van der Waals surface area (Å²) in [5.41, 5.74) is 1.33. The second-order valence-corrected chi connectivity index (χ2v) is 4.65. The van der Waals surface area contributed by atoms with E-state index in [9.17, 15) is 9.90 Å². The Morgan fingerprint density at radius 1 is 1.10 bits per heavy atom. The summed E-state index contributed by atoms with van der Waals surface area (Å²) in [6.07, 6.45) is -1.20. The Bertz CT molecular complexity index is 633. The lowest BCUT2D eigenvalue weighted by atomic mass is 9.93. The molecule has 0 amide bonds. The summed E-state index contributed by atoms with van der Waals surface area (Å²) in [7, 11) is 1.49. The van der Waals surface area contributed by atoms with Crippen molar-refractivity contribution in [2.75, 3.05) is 7.11 Å². The summed E-state index contributed by atoms with van der Waals surface area (Å²) in [4.78, 5) is 12.4. The number of Topliss-reactive ketones (excluding diaryl/α,β-unsaturated/α-hetero) is 1. The summed E-state index contributed by atoms with van der Waals surface area (Å²) in [6, 6.07) is 13.7. The van der Waals surface area contributed by atoms with Gasteiger partial charge < -0.3 is 14.6 Å². The number of aromatic hydroxyl groups is 1. The Labute approximate surface area is 116 Å². The van der Waals surface area contributed by atoms with Crippen molar-refractivity contribution in [2.45, 2.75) is 12.2 Å². The van der Waals surface area contributed by atoms with Crippen LogP contribution in [0.1, 0.15) is 22.0 Å². The third-order valence-electron chi connectivity index (χ3n) is 3.42. The fourth-order valence-corrected chi connectivity index (χ4v) is 2.40. The fourth-order valence-electron chi connectivity index (χ4n) is 2.40. The first-order valence-electron chi connectivity index (χ1n) is 6.32. The van der Waals surface area contributed by atoms with E-state index < -0.39 is 12.2 Å². The minimum Gasteiger partial charge on any atom is -0.508 e. The van der Waals surface area contributed by atoms with Crippen LogP contribution in [0.25, 0.3) is 0 Å². The number of hydrogen-bond donors (Lipinski definition) is 1. The van der Waals surface area contributed by atoms with Crippen LogP contribution in [0.3, 0.4) is 0 Å². The molecule has 20 heavy (non-hydrogen) atoms. The van der Waals surface area contributed by atoms with E-state index in [1.807, 2.05) is 6.07 Å². The Morgan fingerprint density at radius 2 is 1.80 bits per heavy atom. The molecular weight excluding hydrogens is 256 g/mol. The first kappa shape index (κ1) is 12.7. The monoisotopic (exact) mass is 270 g/mol. The van der Waals surface area contributed by atoms with Gasteiger partial charge in [-0.15, -0.1) is 0 Å². The predicted molar refractivity (Wildman–Crippen MR) is 73.0 cm³/mol. The van der Waals surface area contributed by atoms with Crippen LogP contribution in [-0.2, 0) is 4.74 Å². The molecule has 0 saturated heterocycles. The molecule has 1 aliphatic rings. The summed E-state index contributed by atoms with van der Waals surface area (Å²) in [5.74, 6) is 0.640. The molecule has 0 bridgehead atoms. The van der Waals surface area contributed by atoms with Crippen LogP contribution in [-0.4, -0.2) is 24.1 Å². The largest absolute Gasteiger partial charge is 0.508 e. The van der Waals surface area contributed by atoms with Crippen LogP contribution in [0.15, 0.2) is 48.5 Å². The van der Waals surface area contributed by atoms with E-state index in [0.29, 0.717) is 11.3 Å². The second kappa shape index (κ2) is 4.98. The average Bonchev–Trinajstić information content (AvgIpc) is 2.48. The Balaban J connectivity index is 2.03. The molecule has 0 aliphatic carbocycles. The molecule has 2 unspecified atom stereocenters. The molecule has 1 N–H and O–H groups in total. The lowest BCUT2D eigenvalue weighted by molar-refractivity contribution is -0.000610. The van der Waals surface area contributed by atoms with E-state index in [1.165, 1.54) is 7.11 Å². The van der Waals surface area contributed by atoms with E-state index in [0.717, 1.165) is 5.56 Å². The van der Waals surface area contributed by atoms with Gasteiger partial charge in [0.2, 0.25) is 0 Å². The fraction of sp³-hybridized carbons (Fsp3) is 0.188. The smallest absolute Gasteiger partial charge is 0.199 e. The van der Waals surface area contributed by atoms with Crippen molar-refractivity contribution in [1.29, 1.82) is 0 Å². The van der Waals surface area contributed by atoms with Crippen molar-refractivity contribution in [3.63, 3.8) is 0 Å². The molecule has 0 radical (unpaired) electrons. The zero-order valence-electron chi connectivity index (χ0n) is 10.9. The zero-order chi connectivity index (χ0) is 14.1. The van der Waals surface area contributed by atoms with Gasteiger partial charge in [0.15, 0.2) is 18.0 Å². The van der Waals surface area contributed by atoms with Crippen LogP contribution in [0.4, 0.5) is 0 Å². The first-order chi connectivity index (χ1) is 9.70. The summed E-state index contributed by atoms with van der Waals surface area (Å²) in [6.45, 7) is 0. The van der Waals surface area contributed by atoms with Gasteiger partial charge in [-0.3, -0.25) is 4.79 Å². The van der Waals surface area contributed by atoms with Crippen LogP contribution in [0.5, 0.6) is 11.5 Å². The Morgan fingerprint density at radius 3 is 2.50 bits per heavy atom. The van der Waals surface area contributed by atoms with Crippen molar-refractivity contribution < 1.29 is 19.4 Å². The molecule has 4 heteroatoms. The van der Waals surface area contributed by atoms with Gasteiger partial charge in [-0.25, -0.2) is 0 Å². The van der Waals surface area contributed by atoms with E-state index in [-0.39, 0.29) is 11.5 Å². The highest BCUT2D eigenvalue weighted by molar-refractivity contribution is 6.03. The van der Waals surface area contributed by atoms with E-state index in [2.05, 4.69) is 0 Å². The SMILES string of the molecule is COC1C(=O)c2ccccc2OC1c1ccc(O)cc1. The number of methoxy groups -OCH3 is 1. The number of ether oxygens (including phenoxy) is 2. The third kappa shape index (κ3) is 2.04. The molecule has 2 aromatic carbocycles. The molecule has 0 fully saturated rings. The highest BCUT2D eigenvalue weighted by Crippen LogP contribution is 2.36. The third-order valence-corrected chi connectivity index (χ3v) is 3.42. The van der Waals surface area contributed by atoms with Crippen LogP contribution < -0.4 is 4.74 Å². The van der Waals surface area contributed by atoms with Gasteiger partial charge in [0.25, 0.3) is 0 Å². The minimum atomic E-state index is -0.686. The molecule has 4 nitrogen and oxygen atoms in total. The number of fused-ring (bicyclic) bond motifs is 1. The van der Waals surface area contributed by atoms with Gasteiger partial charge in [0.1, 0.15) is 11.5 Å². The number of carbonyl (C=O) groups excluding carboxylic acids is 1. The molecule has 0 spiro atoms. The van der Waals surface area contributed by atoms with E-state index in [1.54, 1.807) is 42.5 Å². The number of phenolic OH excluding ortho intramolecular Hbond substituents is 1. The lowest BCUT2D eigenvalue weighted by Gasteiger charge is -2.31. The number of ketones is 1. The molecule has 1 heterocycles. The molecule has 2 aromatic rings. The van der Waals surface area contributed by atoms with Gasteiger partial charge in [0, 0.05) is 7.11 Å². The topological polar surface area (TPSA) is 55.8 Å². The van der Waals surface area contributed by atoms with Gasteiger partial charge in [-0.2, -0.15) is 0 Å². The van der Waals surface area contributed by atoms with Gasteiger partial charge in [0.05, 0.1) is 5.56 Å². The molecular formula is C16H14O4. The van der Waals surface area contributed by atoms with Crippen LogP contribution >= 0.6 is 0 Å². The normalized spacial score (nSPS) is 21.1. The van der Waals surface area contributed by atoms with E-state index in [4.69, 9.17) is 9.47 Å². The maximum Gasteiger partial charge on any atom is 0.199 e. The second-order valence-electron chi connectivity index (χ2n) is 4.65. The van der Waals surface area contributed by atoms with Crippen molar-refractivity contribution in [3.8, 4) is 11.5 Å². The van der Waals surface area contributed by atoms with Gasteiger partial charge in [-0.05, 0) is 29.8 Å². The highest BCUT2D eigenvalue weighted by atomic mass is 16.5. The molecule has 3 rings (SSSR count). The quantitative estimate of drug-likeness (QED) is 0.911.